The van der Waals surface area contributed by atoms with Gasteiger partial charge in [-0.1, -0.05) is 11.6 Å². The van der Waals surface area contributed by atoms with Gasteiger partial charge < -0.3 is 19.7 Å². The van der Waals surface area contributed by atoms with E-state index in [4.69, 9.17) is 21.4 Å². The summed E-state index contributed by atoms with van der Waals surface area (Å²) >= 11 is 5.80. The van der Waals surface area contributed by atoms with Gasteiger partial charge in [-0.3, -0.25) is 4.79 Å². The SMILES string of the molecule is COCC(CCO)NC(=O)c1cc(Cl)cn1C. The van der Waals surface area contributed by atoms with Crippen LogP contribution in [0.1, 0.15) is 16.9 Å². The van der Waals surface area contributed by atoms with E-state index in [1.807, 2.05) is 0 Å². The van der Waals surface area contributed by atoms with Gasteiger partial charge in [0.1, 0.15) is 5.69 Å². The molecule has 0 aromatic carbocycles. The molecule has 0 radical (unpaired) electrons. The highest BCUT2D eigenvalue weighted by Gasteiger charge is 2.16. The summed E-state index contributed by atoms with van der Waals surface area (Å²) in [6.45, 7) is 0.368. The maximum atomic E-state index is 11.9. The normalized spacial score (nSPS) is 12.5. The largest absolute Gasteiger partial charge is 0.396 e. The van der Waals surface area contributed by atoms with Crippen LogP contribution in [0, 0.1) is 0 Å². The number of nitrogens with zero attached hydrogens (tertiary/aromatic N) is 1. The van der Waals surface area contributed by atoms with Gasteiger partial charge in [-0.2, -0.15) is 0 Å². The Labute approximate surface area is 105 Å². The number of aliphatic hydroxyl groups is 1. The lowest BCUT2D eigenvalue weighted by atomic mass is 10.2. The summed E-state index contributed by atoms with van der Waals surface area (Å²) in [5.74, 6) is -0.227. The van der Waals surface area contributed by atoms with E-state index < -0.39 is 0 Å². The Bertz CT molecular complexity index is 373. The Hall–Kier alpha value is -1.04. The van der Waals surface area contributed by atoms with Crippen LogP contribution in [0.5, 0.6) is 0 Å². The Morgan fingerprint density at radius 1 is 1.71 bits per heavy atom. The second-order valence-corrected chi connectivity index (χ2v) is 4.23. The van der Waals surface area contributed by atoms with E-state index in [0.29, 0.717) is 23.7 Å². The van der Waals surface area contributed by atoms with Gasteiger partial charge in [-0.05, 0) is 12.5 Å². The fraction of sp³-hybridized carbons (Fsp3) is 0.545. The van der Waals surface area contributed by atoms with Crippen molar-refractivity contribution in [2.45, 2.75) is 12.5 Å². The first-order valence-corrected chi connectivity index (χ1v) is 5.68. The summed E-state index contributed by atoms with van der Waals surface area (Å²) in [7, 11) is 3.30. The smallest absolute Gasteiger partial charge is 0.268 e. The van der Waals surface area contributed by atoms with E-state index in [9.17, 15) is 4.79 Å². The van der Waals surface area contributed by atoms with Gasteiger partial charge in [0.25, 0.3) is 5.91 Å². The lowest BCUT2D eigenvalue weighted by Gasteiger charge is -2.16. The zero-order valence-corrected chi connectivity index (χ0v) is 10.7. The number of aryl methyl sites for hydroxylation is 1. The third-order valence-electron chi connectivity index (χ3n) is 2.38. The first-order valence-electron chi connectivity index (χ1n) is 5.31. The first-order chi connectivity index (χ1) is 8.08. The zero-order valence-electron chi connectivity index (χ0n) is 9.94. The van der Waals surface area contributed by atoms with Crippen molar-refractivity contribution in [1.29, 1.82) is 0 Å². The van der Waals surface area contributed by atoms with Crippen molar-refractivity contribution in [3.05, 3.63) is 23.0 Å². The minimum atomic E-state index is -0.227. The van der Waals surface area contributed by atoms with Gasteiger partial charge in [0, 0.05) is 27.0 Å². The van der Waals surface area contributed by atoms with Crippen LogP contribution in [-0.4, -0.2) is 41.9 Å². The van der Waals surface area contributed by atoms with Gasteiger partial charge in [0.2, 0.25) is 0 Å². The van der Waals surface area contributed by atoms with E-state index in [0.717, 1.165) is 0 Å². The number of carbonyl (C=O) groups excluding carboxylic acids is 1. The molecule has 6 heteroatoms. The molecule has 0 aliphatic carbocycles. The highest BCUT2D eigenvalue weighted by molar-refractivity contribution is 6.31. The van der Waals surface area contributed by atoms with E-state index in [1.54, 1.807) is 31.0 Å². The standard InChI is InChI=1S/C11H17ClN2O3/c1-14-6-8(12)5-10(14)11(16)13-9(3-4-15)7-17-2/h5-6,9,15H,3-4,7H2,1-2H3,(H,13,16). The van der Waals surface area contributed by atoms with Crippen molar-refractivity contribution in [2.24, 2.45) is 7.05 Å². The lowest BCUT2D eigenvalue weighted by Crippen LogP contribution is -2.39. The summed E-state index contributed by atoms with van der Waals surface area (Å²) in [5.41, 5.74) is 0.481. The quantitative estimate of drug-likeness (QED) is 0.796. The summed E-state index contributed by atoms with van der Waals surface area (Å²) < 4.78 is 6.62. The molecule has 0 bridgehead atoms. The molecule has 0 fully saturated rings. The van der Waals surface area contributed by atoms with Crippen LogP contribution < -0.4 is 5.32 Å². The van der Waals surface area contributed by atoms with Crippen molar-refractivity contribution in [3.8, 4) is 0 Å². The van der Waals surface area contributed by atoms with Gasteiger partial charge in [-0.15, -0.1) is 0 Å². The monoisotopic (exact) mass is 260 g/mol. The van der Waals surface area contributed by atoms with Crippen LogP contribution in [-0.2, 0) is 11.8 Å². The van der Waals surface area contributed by atoms with Crippen molar-refractivity contribution < 1.29 is 14.6 Å². The molecule has 0 saturated carbocycles. The molecular weight excluding hydrogens is 244 g/mol. The van der Waals surface area contributed by atoms with E-state index in [2.05, 4.69) is 5.32 Å². The predicted octanol–water partition coefficient (Wildman–Crippen LogP) is 0.806. The Morgan fingerprint density at radius 2 is 2.41 bits per heavy atom. The molecule has 1 aromatic rings. The fourth-order valence-corrected chi connectivity index (χ4v) is 1.81. The summed E-state index contributed by atoms with van der Waals surface area (Å²) in [4.78, 5) is 11.9. The molecule has 1 aromatic heterocycles. The van der Waals surface area contributed by atoms with Gasteiger partial charge in [0.05, 0.1) is 17.7 Å². The third-order valence-corrected chi connectivity index (χ3v) is 2.59. The van der Waals surface area contributed by atoms with Crippen molar-refractivity contribution >= 4 is 17.5 Å². The topological polar surface area (TPSA) is 63.5 Å². The summed E-state index contributed by atoms with van der Waals surface area (Å²) in [5, 5.41) is 12.2. The van der Waals surface area contributed by atoms with Gasteiger partial charge in [0.15, 0.2) is 0 Å². The van der Waals surface area contributed by atoms with Crippen LogP contribution >= 0.6 is 11.6 Å². The van der Waals surface area contributed by atoms with E-state index >= 15 is 0 Å². The Morgan fingerprint density at radius 3 is 2.88 bits per heavy atom. The number of hydrogen-bond donors (Lipinski definition) is 2. The average Bonchev–Trinajstić information content (AvgIpc) is 2.58. The van der Waals surface area contributed by atoms with Gasteiger partial charge in [-0.25, -0.2) is 0 Å². The van der Waals surface area contributed by atoms with E-state index in [-0.39, 0.29) is 18.6 Å². The highest BCUT2D eigenvalue weighted by atomic mass is 35.5. The molecule has 5 nitrogen and oxygen atoms in total. The number of amides is 1. The molecule has 1 heterocycles. The molecule has 1 rings (SSSR count). The molecule has 17 heavy (non-hydrogen) atoms. The maximum absolute atomic E-state index is 11.9. The molecule has 1 unspecified atom stereocenters. The average molecular weight is 261 g/mol. The van der Waals surface area contributed by atoms with Gasteiger partial charge >= 0.3 is 0 Å². The van der Waals surface area contributed by atoms with Crippen LogP contribution in [0.25, 0.3) is 0 Å². The van der Waals surface area contributed by atoms with E-state index in [1.165, 1.54) is 0 Å². The van der Waals surface area contributed by atoms with Crippen LogP contribution in [0.2, 0.25) is 5.02 Å². The molecule has 0 saturated heterocycles. The molecule has 1 amide bonds. The number of aliphatic hydroxyl groups excluding tert-OH is 1. The second-order valence-electron chi connectivity index (χ2n) is 3.79. The molecule has 96 valence electrons. The number of carbonyl (C=O) groups is 1. The summed E-state index contributed by atoms with van der Waals surface area (Å²) in [6, 6.07) is 1.39. The summed E-state index contributed by atoms with van der Waals surface area (Å²) in [6.07, 6.45) is 2.12. The molecule has 2 N–H and O–H groups in total. The highest BCUT2D eigenvalue weighted by Crippen LogP contribution is 2.12. The number of rotatable bonds is 6. The minimum Gasteiger partial charge on any atom is -0.396 e. The lowest BCUT2D eigenvalue weighted by molar-refractivity contribution is 0.0871. The fourth-order valence-electron chi connectivity index (χ4n) is 1.56. The number of ether oxygens (including phenoxy) is 1. The number of hydrogen-bond acceptors (Lipinski definition) is 3. The van der Waals surface area contributed by atoms with Crippen LogP contribution in [0.15, 0.2) is 12.3 Å². The number of nitrogens with one attached hydrogen (secondary N) is 1. The second kappa shape index (κ2) is 6.64. The molecular formula is C11H17ClN2O3. The van der Waals surface area contributed by atoms with Crippen molar-refractivity contribution in [2.75, 3.05) is 20.3 Å². The zero-order chi connectivity index (χ0) is 12.8. The number of halogens is 1. The number of methoxy groups -OCH3 is 1. The van der Waals surface area contributed by atoms with Crippen LogP contribution in [0.4, 0.5) is 0 Å². The van der Waals surface area contributed by atoms with Crippen LogP contribution in [0.3, 0.4) is 0 Å². The minimum absolute atomic E-state index is 0.00218. The molecule has 0 aliphatic heterocycles. The Kier molecular flexibility index (Phi) is 5.47. The molecule has 0 spiro atoms. The first kappa shape index (κ1) is 14.0. The molecule has 1 atom stereocenters. The third kappa shape index (κ3) is 4.03. The maximum Gasteiger partial charge on any atom is 0.268 e. The predicted molar refractivity (Wildman–Crippen MR) is 65.3 cm³/mol. The molecule has 0 aliphatic rings. The van der Waals surface area contributed by atoms with Crippen molar-refractivity contribution in [1.82, 2.24) is 9.88 Å². The van der Waals surface area contributed by atoms with Crippen molar-refractivity contribution in [3.63, 3.8) is 0 Å². The Balaban J connectivity index is 2.66. The number of aromatic nitrogens is 1.